The monoisotopic (exact) mass is 341 g/mol. The number of fused-ring (bicyclic) bond motifs is 1. The van der Waals surface area contributed by atoms with E-state index in [9.17, 15) is 4.79 Å². The van der Waals surface area contributed by atoms with Gasteiger partial charge >= 0.3 is 0 Å². The van der Waals surface area contributed by atoms with Gasteiger partial charge < -0.3 is 9.80 Å². The molecular weight excluding hydrogens is 322 g/mol. The molecule has 5 heteroatoms. The van der Waals surface area contributed by atoms with Gasteiger partial charge in [0.2, 0.25) is 0 Å². The zero-order valence-corrected chi connectivity index (χ0v) is 14.2. The maximum absolute atomic E-state index is 12.8. The molecule has 3 aliphatic heterocycles. The fourth-order valence-electron chi connectivity index (χ4n) is 3.52. The molecule has 0 radical (unpaired) electrons. The Hall–Kier alpha value is -2.07. The lowest BCUT2D eigenvalue weighted by Gasteiger charge is -2.30. The Bertz CT molecular complexity index is 729. The fraction of sp³-hybridized carbons (Fsp3) is 0.368. The first-order chi connectivity index (χ1) is 11.7. The Morgan fingerprint density at radius 3 is 2.58 bits per heavy atom. The second-order valence-electron chi connectivity index (χ2n) is 6.44. The van der Waals surface area contributed by atoms with Crippen molar-refractivity contribution in [3.05, 3.63) is 58.8 Å². The molecule has 4 rings (SSSR count). The van der Waals surface area contributed by atoms with E-state index in [1.165, 1.54) is 6.42 Å². The zero-order valence-electron chi connectivity index (χ0n) is 13.5. The summed E-state index contributed by atoms with van der Waals surface area (Å²) in [6, 6.07) is 8.00. The van der Waals surface area contributed by atoms with Crippen molar-refractivity contribution in [2.75, 3.05) is 19.6 Å². The average molecular weight is 342 g/mol. The Morgan fingerprint density at radius 1 is 1.08 bits per heavy atom. The van der Waals surface area contributed by atoms with Crippen LogP contribution in [0.2, 0.25) is 5.02 Å². The van der Waals surface area contributed by atoms with Crippen molar-refractivity contribution < 1.29 is 4.79 Å². The SMILES string of the molecule is O=C(C1=CN2C(=NCC2c2ccc(Cl)cc2)C=C1)N1CCCCC1. The molecule has 3 aliphatic rings. The van der Waals surface area contributed by atoms with Gasteiger partial charge in [-0.3, -0.25) is 9.79 Å². The Labute approximate surface area is 147 Å². The minimum absolute atomic E-state index is 0.131. The minimum Gasteiger partial charge on any atom is -0.339 e. The van der Waals surface area contributed by atoms with Crippen molar-refractivity contribution in [1.82, 2.24) is 9.80 Å². The van der Waals surface area contributed by atoms with Crippen LogP contribution in [0.3, 0.4) is 0 Å². The van der Waals surface area contributed by atoms with Gasteiger partial charge in [-0.1, -0.05) is 23.7 Å². The van der Waals surface area contributed by atoms with Gasteiger partial charge in [-0.05, 0) is 49.1 Å². The van der Waals surface area contributed by atoms with E-state index >= 15 is 0 Å². The minimum atomic E-state index is 0.131. The lowest BCUT2D eigenvalue weighted by Crippen LogP contribution is -2.38. The van der Waals surface area contributed by atoms with Crippen LogP contribution in [-0.2, 0) is 4.79 Å². The standard InChI is InChI=1S/C19H20ClN3O/c20-16-7-4-14(5-8-16)17-12-21-18-9-6-15(13-23(17)18)19(24)22-10-2-1-3-11-22/h4-9,13,17H,1-3,10-12H2. The third kappa shape index (κ3) is 2.86. The molecule has 3 heterocycles. The van der Waals surface area contributed by atoms with Gasteiger partial charge in [0.05, 0.1) is 18.2 Å². The van der Waals surface area contributed by atoms with Crippen LogP contribution in [-0.4, -0.2) is 41.2 Å². The highest BCUT2D eigenvalue weighted by Gasteiger charge is 2.30. The van der Waals surface area contributed by atoms with Crippen molar-refractivity contribution in [1.29, 1.82) is 0 Å². The number of benzene rings is 1. The molecule has 0 spiro atoms. The molecule has 24 heavy (non-hydrogen) atoms. The normalized spacial score (nSPS) is 23.0. The van der Waals surface area contributed by atoms with Gasteiger partial charge in [0, 0.05) is 24.3 Å². The molecule has 1 amide bonds. The van der Waals surface area contributed by atoms with Crippen LogP contribution in [0.1, 0.15) is 30.9 Å². The Balaban J connectivity index is 1.57. The van der Waals surface area contributed by atoms with Crippen LogP contribution >= 0.6 is 11.6 Å². The molecular formula is C19H20ClN3O. The summed E-state index contributed by atoms with van der Waals surface area (Å²) in [4.78, 5) is 21.4. The maximum atomic E-state index is 12.8. The molecule has 1 fully saturated rings. The van der Waals surface area contributed by atoms with Crippen molar-refractivity contribution in [2.24, 2.45) is 4.99 Å². The van der Waals surface area contributed by atoms with Crippen LogP contribution in [0.25, 0.3) is 0 Å². The van der Waals surface area contributed by atoms with Crippen LogP contribution in [0, 0.1) is 0 Å². The summed E-state index contributed by atoms with van der Waals surface area (Å²) in [7, 11) is 0. The maximum Gasteiger partial charge on any atom is 0.255 e. The smallest absolute Gasteiger partial charge is 0.255 e. The molecule has 1 unspecified atom stereocenters. The predicted octanol–water partition coefficient (Wildman–Crippen LogP) is 3.56. The van der Waals surface area contributed by atoms with Crippen molar-refractivity contribution in [2.45, 2.75) is 25.3 Å². The van der Waals surface area contributed by atoms with E-state index in [0.29, 0.717) is 6.54 Å². The van der Waals surface area contributed by atoms with E-state index < -0.39 is 0 Å². The molecule has 0 aliphatic carbocycles. The molecule has 1 saturated heterocycles. The highest BCUT2D eigenvalue weighted by Crippen LogP contribution is 2.31. The Morgan fingerprint density at radius 2 is 1.83 bits per heavy atom. The summed E-state index contributed by atoms with van der Waals surface area (Å²) in [6.45, 7) is 2.43. The van der Waals surface area contributed by atoms with Gasteiger partial charge in [0.25, 0.3) is 5.91 Å². The molecule has 1 atom stereocenters. The molecule has 1 aromatic rings. The number of halogens is 1. The summed E-state index contributed by atoms with van der Waals surface area (Å²) in [5, 5.41) is 0.730. The average Bonchev–Trinajstić information content (AvgIpc) is 3.05. The Kier molecular flexibility index (Phi) is 4.15. The third-order valence-corrected chi connectivity index (χ3v) is 5.11. The molecule has 0 bridgehead atoms. The fourth-order valence-corrected chi connectivity index (χ4v) is 3.64. The van der Waals surface area contributed by atoms with Crippen LogP contribution in [0.15, 0.2) is 53.2 Å². The number of hydrogen-bond acceptors (Lipinski definition) is 3. The largest absolute Gasteiger partial charge is 0.339 e. The summed E-state index contributed by atoms with van der Waals surface area (Å²) in [5.74, 6) is 1.05. The number of piperidine rings is 1. The number of amides is 1. The summed E-state index contributed by atoms with van der Waals surface area (Å²) in [6.07, 6.45) is 9.24. The second kappa shape index (κ2) is 6.44. The second-order valence-corrected chi connectivity index (χ2v) is 6.88. The van der Waals surface area contributed by atoms with Crippen LogP contribution < -0.4 is 0 Å². The van der Waals surface area contributed by atoms with Crippen molar-refractivity contribution in [3.8, 4) is 0 Å². The number of amidine groups is 1. The van der Waals surface area contributed by atoms with E-state index in [1.54, 1.807) is 0 Å². The van der Waals surface area contributed by atoms with E-state index in [2.05, 4.69) is 9.89 Å². The molecule has 0 saturated carbocycles. The summed E-state index contributed by atoms with van der Waals surface area (Å²) >= 11 is 5.99. The molecule has 4 nitrogen and oxygen atoms in total. The van der Waals surface area contributed by atoms with Gasteiger partial charge in [-0.2, -0.15) is 0 Å². The van der Waals surface area contributed by atoms with Crippen molar-refractivity contribution >= 4 is 23.3 Å². The molecule has 1 aromatic carbocycles. The quantitative estimate of drug-likeness (QED) is 0.824. The van der Waals surface area contributed by atoms with Gasteiger partial charge in [0.1, 0.15) is 5.84 Å². The summed E-state index contributed by atoms with van der Waals surface area (Å²) < 4.78 is 0. The van der Waals surface area contributed by atoms with E-state index in [4.69, 9.17) is 11.6 Å². The first-order valence-electron chi connectivity index (χ1n) is 8.50. The van der Waals surface area contributed by atoms with E-state index in [-0.39, 0.29) is 11.9 Å². The number of carbonyl (C=O) groups excluding carboxylic acids is 1. The third-order valence-electron chi connectivity index (χ3n) is 4.86. The van der Waals surface area contributed by atoms with E-state index in [0.717, 1.165) is 47.9 Å². The number of rotatable bonds is 2. The molecule has 0 N–H and O–H groups in total. The van der Waals surface area contributed by atoms with Gasteiger partial charge in [-0.25, -0.2) is 0 Å². The summed E-state index contributed by atoms with van der Waals surface area (Å²) in [5.41, 5.74) is 1.91. The van der Waals surface area contributed by atoms with Crippen LogP contribution in [0.4, 0.5) is 0 Å². The van der Waals surface area contributed by atoms with E-state index in [1.807, 2.05) is 47.5 Å². The molecule has 0 aromatic heterocycles. The lowest BCUT2D eigenvalue weighted by molar-refractivity contribution is -0.127. The van der Waals surface area contributed by atoms with Gasteiger partial charge in [-0.15, -0.1) is 0 Å². The molecule has 124 valence electrons. The number of carbonyl (C=O) groups is 1. The first-order valence-corrected chi connectivity index (χ1v) is 8.87. The van der Waals surface area contributed by atoms with Crippen molar-refractivity contribution in [3.63, 3.8) is 0 Å². The topological polar surface area (TPSA) is 35.9 Å². The zero-order chi connectivity index (χ0) is 16.5. The number of hydrogen-bond donors (Lipinski definition) is 0. The predicted molar refractivity (Wildman–Crippen MR) is 96.0 cm³/mol. The number of nitrogens with zero attached hydrogens (tertiary/aromatic N) is 3. The highest BCUT2D eigenvalue weighted by molar-refractivity contribution is 6.30. The lowest BCUT2D eigenvalue weighted by atomic mass is 10.0. The first kappa shape index (κ1) is 15.5. The van der Waals surface area contributed by atoms with Gasteiger partial charge in [0.15, 0.2) is 0 Å². The van der Waals surface area contributed by atoms with Crippen LogP contribution in [0.5, 0.6) is 0 Å². The number of aliphatic imine (C=N–C) groups is 1. The number of likely N-dealkylation sites (tertiary alicyclic amines) is 1. The highest BCUT2D eigenvalue weighted by atomic mass is 35.5.